The summed E-state index contributed by atoms with van der Waals surface area (Å²) in [5, 5.41) is 10.0. The third kappa shape index (κ3) is 1.98. The number of benzene rings is 2. The summed E-state index contributed by atoms with van der Waals surface area (Å²) >= 11 is 0. The van der Waals surface area contributed by atoms with Crippen LogP contribution in [0.4, 0.5) is 0 Å². The fraction of sp³-hybridized carbons (Fsp3) is 0. The Morgan fingerprint density at radius 2 is 1.72 bits per heavy atom. The number of fused-ring (bicyclic) bond motifs is 1. The van der Waals surface area contributed by atoms with E-state index in [-0.39, 0.29) is 5.76 Å². The molecule has 2 N–H and O–H groups in total. The van der Waals surface area contributed by atoms with Crippen molar-refractivity contribution in [1.29, 1.82) is 0 Å². The van der Waals surface area contributed by atoms with Crippen molar-refractivity contribution in [2.24, 2.45) is 0 Å². The lowest BCUT2D eigenvalue weighted by atomic mass is 10.2. The Bertz CT molecular complexity index is 666. The molecule has 1 heterocycles. The van der Waals surface area contributed by atoms with Crippen LogP contribution in [0, 0.1) is 0 Å². The van der Waals surface area contributed by atoms with Gasteiger partial charge in [0.15, 0.2) is 0 Å². The zero-order valence-corrected chi connectivity index (χ0v) is 9.67. The molecule has 0 aliphatic heterocycles. The highest BCUT2D eigenvalue weighted by Gasteiger charge is 2.02. The Balaban J connectivity index is 2.00. The second-order valence-electron chi connectivity index (χ2n) is 4.03. The predicted octanol–water partition coefficient (Wildman–Crippen LogP) is 3.62. The first-order chi connectivity index (χ1) is 8.83. The molecule has 88 valence electrons. The standard InChI is InChI=1S/C15H12N2O/c18-14(11-6-2-1-3-7-11)10-15-16-12-8-4-5-9-13(12)17-15/h1-10,18H,(H,16,17)/b14-10-. The molecular formula is C15H12N2O. The molecule has 0 atom stereocenters. The van der Waals surface area contributed by atoms with Gasteiger partial charge in [-0.2, -0.15) is 0 Å². The van der Waals surface area contributed by atoms with E-state index >= 15 is 0 Å². The minimum absolute atomic E-state index is 0.203. The van der Waals surface area contributed by atoms with E-state index in [9.17, 15) is 5.11 Å². The third-order valence-electron chi connectivity index (χ3n) is 2.75. The maximum Gasteiger partial charge on any atom is 0.134 e. The molecule has 0 radical (unpaired) electrons. The van der Waals surface area contributed by atoms with E-state index in [1.165, 1.54) is 0 Å². The van der Waals surface area contributed by atoms with Crippen LogP contribution in [0.3, 0.4) is 0 Å². The van der Waals surface area contributed by atoms with Crippen LogP contribution in [-0.2, 0) is 0 Å². The molecule has 0 unspecified atom stereocenters. The molecule has 3 aromatic rings. The number of rotatable bonds is 2. The summed E-state index contributed by atoms with van der Waals surface area (Å²) in [5.74, 6) is 0.854. The summed E-state index contributed by atoms with van der Waals surface area (Å²) in [6.45, 7) is 0. The molecule has 0 aliphatic rings. The summed E-state index contributed by atoms with van der Waals surface area (Å²) in [6.07, 6.45) is 1.63. The molecule has 0 amide bonds. The smallest absolute Gasteiger partial charge is 0.134 e. The molecule has 0 bridgehead atoms. The highest BCUT2D eigenvalue weighted by Crippen LogP contribution is 2.16. The molecule has 0 aliphatic carbocycles. The number of aromatic amines is 1. The van der Waals surface area contributed by atoms with Gasteiger partial charge in [-0.1, -0.05) is 42.5 Å². The van der Waals surface area contributed by atoms with Crippen LogP contribution in [0.2, 0.25) is 0 Å². The van der Waals surface area contributed by atoms with E-state index in [0.29, 0.717) is 5.82 Å². The highest BCUT2D eigenvalue weighted by atomic mass is 16.3. The average Bonchev–Trinajstić information content (AvgIpc) is 2.82. The van der Waals surface area contributed by atoms with Gasteiger partial charge in [-0.3, -0.25) is 0 Å². The molecule has 1 aromatic heterocycles. The highest BCUT2D eigenvalue weighted by molar-refractivity contribution is 5.80. The minimum Gasteiger partial charge on any atom is -0.507 e. The number of hydrogen-bond donors (Lipinski definition) is 2. The molecule has 3 heteroatoms. The molecule has 0 saturated heterocycles. The number of hydrogen-bond acceptors (Lipinski definition) is 2. The molecule has 3 rings (SSSR count). The van der Waals surface area contributed by atoms with Gasteiger partial charge in [0.2, 0.25) is 0 Å². The predicted molar refractivity (Wildman–Crippen MR) is 73.0 cm³/mol. The summed E-state index contributed by atoms with van der Waals surface area (Å²) in [4.78, 5) is 7.53. The van der Waals surface area contributed by atoms with Gasteiger partial charge in [0, 0.05) is 11.6 Å². The lowest BCUT2D eigenvalue weighted by Gasteiger charge is -1.97. The van der Waals surface area contributed by atoms with Crippen LogP contribution in [0.25, 0.3) is 22.9 Å². The van der Waals surface area contributed by atoms with Crippen LogP contribution in [0.5, 0.6) is 0 Å². The summed E-state index contributed by atoms with van der Waals surface area (Å²) in [7, 11) is 0. The number of nitrogens with one attached hydrogen (secondary N) is 1. The van der Waals surface area contributed by atoms with E-state index < -0.39 is 0 Å². The zero-order valence-electron chi connectivity index (χ0n) is 9.67. The van der Waals surface area contributed by atoms with Crippen molar-refractivity contribution in [2.75, 3.05) is 0 Å². The number of nitrogens with zero attached hydrogens (tertiary/aromatic N) is 1. The van der Waals surface area contributed by atoms with Crippen molar-refractivity contribution >= 4 is 22.9 Å². The van der Waals surface area contributed by atoms with Gasteiger partial charge in [0.25, 0.3) is 0 Å². The molecule has 0 fully saturated rings. The van der Waals surface area contributed by atoms with Crippen LogP contribution in [0.15, 0.2) is 54.6 Å². The Morgan fingerprint density at radius 1 is 1.00 bits per heavy atom. The normalized spacial score (nSPS) is 11.9. The Hall–Kier alpha value is -2.55. The van der Waals surface area contributed by atoms with Crippen molar-refractivity contribution < 1.29 is 5.11 Å². The third-order valence-corrected chi connectivity index (χ3v) is 2.75. The Labute approximate surface area is 104 Å². The lowest BCUT2D eigenvalue weighted by Crippen LogP contribution is -1.83. The van der Waals surface area contributed by atoms with Gasteiger partial charge < -0.3 is 10.1 Å². The summed E-state index contributed by atoms with van der Waals surface area (Å²) in [5.41, 5.74) is 2.63. The largest absolute Gasteiger partial charge is 0.507 e. The lowest BCUT2D eigenvalue weighted by molar-refractivity contribution is 0.515. The summed E-state index contributed by atoms with van der Waals surface area (Å²) < 4.78 is 0. The van der Waals surface area contributed by atoms with E-state index in [1.807, 2.05) is 54.6 Å². The molecule has 3 nitrogen and oxygen atoms in total. The number of aromatic nitrogens is 2. The first-order valence-electron chi connectivity index (χ1n) is 5.74. The van der Waals surface area contributed by atoms with Crippen molar-refractivity contribution in [3.8, 4) is 0 Å². The van der Waals surface area contributed by atoms with Gasteiger partial charge in [-0.25, -0.2) is 4.98 Å². The van der Waals surface area contributed by atoms with E-state index in [2.05, 4.69) is 9.97 Å². The number of H-pyrrole nitrogens is 1. The van der Waals surface area contributed by atoms with Crippen molar-refractivity contribution in [3.05, 3.63) is 66.0 Å². The second kappa shape index (κ2) is 4.37. The van der Waals surface area contributed by atoms with E-state index in [1.54, 1.807) is 6.08 Å². The van der Waals surface area contributed by atoms with Crippen molar-refractivity contribution in [2.45, 2.75) is 0 Å². The first-order valence-corrected chi connectivity index (χ1v) is 5.74. The minimum atomic E-state index is 0.203. The SMILES string of the molecule is O/C(=C\c1nc2ccccc2[nH]1)c1ccccc1. The van der Waals surface area contributed by atoms with Gasteiger partial charge >= 0.3 is 0 Å². The van der Waals surface area contributed by atoms with Crippen molar-refractivity contribution in [1.82, 2.24) is 9.97 Å². The quantitative estimate of drug-likeness (QED) is 0.667. The fourth-order valence-corrected chi connectivity index (χ4v) is 1.86. The molecule has 0 saturated carbocycles. The number of para-hydroxylation sites is 2. The zero-order chi connectivity index (χ0) is 12.4. The number of aliphatic hydroxyl groups is 1. The average molecular weight is 236 g/mol. The van der Waals surface area contributed by atoms with Crippen LogP contribution in [-0.4, -0.2) is 15.1 Å². The topological polar surface area (TPSA) is 48.9 Å². The van der Waals surface area contributed by atoms with Gasteiger partial charge in [-0.15, -0.1) is 0 Å². The molecule has 0 spiro atoms. The van der Waals surface area contributed by atoms with E-state index in [0.717, 1.165) is 16.6 Å². The maximum atomic E-state index is 10.0. The van der Waals surface area contributed by atoms with Gasteiger partial charge in [0.05, 0.1) is 11.0 Å². The van der Waals surface area contributed by atoms with Gasteiger partial charge in [0.1, 0.15) is 11.6 Å². The molecule has 2 aromatic carbocycles. The van der Waals surface area contributed by atoms with Gasteiger partial charge in [-0.05, 0) is 12.1 Å². The van der Waals surface area contributed by atoms with E-state index in [4.69, 9.17) is 0 Å². The van der Waals surface area contributed by atoms with Crippen LogP contribution < -0.4 is 0 Å². The maximum absolute atomic E-state index is 10.0. The number of aliphatic hydroxyl groups excluding tert-OH is 1. The van der Waals surface area contributed by atoms with Crippen LogP contribution in [0.1, 0.15) is 11.4 Å². The Kier molecular flexibility index (Phi) is 2.57. The molecule has 18 heavy (non-hydrogen) atoms. The Morgan fingerprint density at radius 3 is 2.50 bits per heavy atom. The fourth-order valence-electron chi connectivity index (χ4n) is 1.86. The molecular weight excluding hydrogens is 224 g/mol. The van der Waals surface area contributed by atoms with Crippen molar-refractivity contribution in [3.63, 3.8) is 0 Å². The monoisotopic (exact) mass is 236 g/mol. The van der Waals surface area contributed by atoms with Crippen LogP contribution >= 0.6 is 0 Å². The first kappa shape index (κ1) is 10.6. The summed E-state index contributed by atoms with van der Waals surface area (Å²) in [6, 6.07) is 17.2. The second-order valence-corrected chi connectivity index (χ2v) is 4.03. The number of imidazole rings is 1.